The Morgan fingerprint density at radius 1 is 0.962 bits per heavy atom. The molecule has 0 amide bonds. The Morgan fingerprint density at radius 3 is 2.42 bits per heavy atom. The molecule has 0 aromatic heterocycles. The van der Waals surface area contributed by atoms with Gasteiger partial charge in [0.1, 0.15) is 0 Å². The van der Waals surface area contributed by atoms with Gasteiger partial charge in [-0.2, -0.15) is 0 Å². The Labute approximate surface area is 162 Å². The lowest BCUT2D eigenvalue weighted by molar-refractivity contribution is 0.108. The summed E-state index contributed by atoms with van der Waals surface area (Å²) in [5.41, 5.74) is 3.74. The van der Waals surface area contributed by atoms with Crippen molar-refractivity contribution in [2.45, 2.75) is 13.0 Å². The number of fused-ring (bicyclic) bond motifs is 1. The van der Waals surface area contributed by atoms with Crippen LogP contribution in [-0.4, -0.2) is 11.9 Å². The van der Waals surface area contributed by atoms with Gasteiger partial charge >= 0.3 is 0 Å². The maximum absolute atomic E-state index is 6.45. The molecule has 0 fully saturated rings. The molecule has 1 aliphatic heterocycles. The Hall–Kier alpha value is -2.49. The van der Waals surface area contributed by atoms with E-state index in [1.807, 2.05) is 41.3 Å². The fourth-order valence-electron chi connectivity index (χ4n) is 2.97. The second kappa shape index (κ2) is 7.02. The maximum atomic E-state index is 6.45. The minimum Gasteiger partial charge on any atom is -0.380 e. The van der Waals surface area contributed by atoms with Crippen LogP contribution in [-0.2, 0) is 4.84 Å². The molecule has 130 valence electrons. The van der Waals surface area contributed by atoms with Crippen LogP contribution in [0.3, 0.4) is 0 Å². The van der Waals surface area contributed by atoms with Gasteiger partial charge < -0.3 is 4.84 Å². The van der Waals surface area contributed by atoms with Crippen LogP contribution in [0, 0.1) is 6.92 Å². The first-order valence-corrected chi connectivity index (χ1v) is 9.01. The number of rotatable bonds is 2. The largest absolute Gasteiger partial charge is 0.380 e. The van der Waals surface area contributed by atoms with Gasteiger partial charge in [-0.3, -0.25) is 4.90 Å². The van der Waals surface area contributed by atoms with Crippen LogP contribution in [0.4, 0.5) is 5.69 Å². The van der Waals surface area contributed by atoms with Crippen LogP contribution in [0.25, 0.3) is 0 Å². The van der Waals surface area contributed by atoms with Crippen molar-refractivity contribution in [1.82, 2.24) is 0 Å². The Morgan fingerprint density at radius 2 is 1.69 bits per heavy atom. The molecule has 1 aliphatic carbocycles. The van der Waals surface area contributed by atoms with Gasteiger partial charge in [-0.05, 0) is 43.3 Å². The SMILES string of the molecule is Cc1ccc(N2C3=CC=CC=CC3ON=C2c2c(Cl)cccc2Cl)cc1. The second-order valence-electron chi connectivity index (χ2n) is 6.07. The number of hydrogen-bond donors (Lipinski definition) is 0. The van der Waals surface area contributed by atoms with Crippen LogP contribution in [0.1, 0.15) is 11.1 Å². The summed E-state index contributed by atoms with van der Waals surface area (Å²) >= 11 is 12.9. The molecule has 1 unspecified atom stereocenters. The summed E-state index contributed by atoms with van der Waals surface area (Å²) in [4.78, 5) is 7.79. The molecule has 0 radical (unpaired) electrons. The van der Waals surface area contributed by atoms with Crippen LogP contribution in [0.5, 0.6) is 0 Å². The Kier molecular flexibility index (Phi) is 4.58. The van der Waals surface area contributed by atoms with Crippen molar-refractivity contribution in [3.63, 3.8) is 0 Å². The monoisotopic (exact) mass is 382 g/mol. The maximum Gasteiger partial charge on any atom is 0.187 e. The summed E-state index contributed by atoms with van der Waals surface area (Å²) in [6.07, 6.45) is 9.59. The summed E-state index contributed by atoms with van der Waals surface area (Å²) in [5, 5.41) is 5.43. The smallest absolute Gasteiger partial charge is 0.187 e. The number of benzene rings is 2. The minimum absolute atomic E-state index is 0.281. The molecular formula is C21H16Cl2N2O. The molecule has 26 heavy (non-hydrogen) atoms. The number of hydrogen-bond acceptors (Lipinski definition) is 3. The van der Waals surface area contributed by atoms with Gasteiger partial charge in [0, 0.05) is 5.69 Å². The number of halogens is 2. The van der Waals surface area contributed by atoms with E-state index >= 15 is 0 Å². The number of allylic oxidation sites excluding steroid dienone is 4. The Balaban J connectivity index is 1.92. The predicted octanol–water partition coefficient (Wildman–Crippen LogP) is 5.88. The summed E-state index contributed by atoms with van der Waals surface area (Å²) in [6, 6.07) is 13.6. The summed E-state index contributed by atoms with van der Waals surface area (Å²) in [5.74, 6) is 0.565. The molecular weight excluding hydrogens is 367 g/mol. The lowest BCUT2D eigenvalue weighted by Crippen LogP contribution is -2.40. The van der Waals surface area contributed by atoms with E-state index in [-0.39, 0.29) is 6.10 Å². The van der Waals surface area contributed by atoms with Crippen molar-refractivity contribution in [2.24, 2.45) is 5.16 Å². The molecule has 0 bridgehead atoms. The van der Waals surface area contributed by atoms with E-state index < -0.39 is 0 Å². The van der Waals surface area contributed by atoms with Crippen molar-refractivity contribution in [3.8, 4) is 0 Å². The third kappa shape index (κ3) is 3.05. The highest BCUT2D eigenvalue weighted by molar-refractivity contribution is 6.41. The van der Waals surface area contributed by atoms with Gasteiger partial charge in [0.05, 0.1) is 21.3 Å². The van der Waals surface area contributed by atoms with Crippen LogP contribution in [0.2, 0.25) is 10.0 Å². The number of amidine groups is 1. The first-order valence-electron chi connectivity index (χ1n) is 8.25. The van der Waals surface area contributed by atoms with E-state index in [1.165, 1.54) is 5.56 Å². The van der Waals surface area contributed by atoms with Gasteiger partial charge in [-0.1, -0.05) is 70.3 Å². The third-order valence-electron chi connectivity index (χ3n) is 4.27. The first-order chi connectivity index (χ1) is 12.6. The molecule has 5 heteroatoms. The summed E-state index contributed by atoms with van der Waals surface area (Å²) in [6.45, 7) is 2.06. The molecule has 1 atom stereocenters. The normalized spacial score (nSPS) is 18.6. The number of aryl methyl sites for hydroxylation is 1. The van der Waals surface area contributed by atoms with Crippen molar-refractivity contribution < 1.29 is 4.84 Å². The van der Waals surface area contributed by atoms with E-state index in [0.717, 1.165) is 11.4 Å². The molecule has 3 nitrogen and oxygen atoms in total. The first kappa shape index (κ1) is 17.0. The van der Waals surface area contributed by atoms with E-state index in [1.54, 1.807) is 12.1 Å². The zero-order valence-electron chi connectivity index (χ0n) is 14.1. The van der Waals surface area contributed by atoms with E-state index in [9.17, 15) is 0 Å². The molecule has 0 N–H and O–H groups in total. The van der Waals surface area contributed by atoms with Gasteiger partial charge in [-0.25, -0.2) is 0 Å². The summed E-state index contributed by atoms with van der Waals surface area (Å²) in [7, 11) is 0. The molecule has 0 spiro atoms. The molecule has 1 heterocycles. The number of nitrogens with zero attached hydrogens (tertiary/aromatic N) is 2. The molecule has 4 rings (SSSR count). The van der Waals surface area contributed by atoms with Crippen LogP contribution < -0.4 is 4.90 Å². The standard InChI is InChI=1S/C21H16Cl2N2O/c1-14-10-12-15(13-11-14)25-18-8-3-2-4-9-19(18)26-24-21(25)20-16(22)6-5-7-17(20)23/h2-13,19H,1H3. The van der Waals surface area contributed by atoms with Gasteiger partial charge in [0.15, 0.2) is 11.9 Å². The summed E-state index contributed by atoms with van der Waals surface area (Å²) < 4.78 is 0. The fourth-order valence-corrected chi connectivity index (χ4v) is 3.54. The lowest BCUT2D eigenvalue weighted by atomic mass is 10.1. The average molecular weight is 383 g/mol. The van der Waals surface area contributed by atoms with Crippen molar-refractivity contribution in [1.29, 1.82) is 0 Å². The number of anilines is 1. The van der Waals surface area contributed by atoms with Gasteiger partial charge in [-0.15, -0.1) is 0 Å². The van der Waals surface area contributed by atoms with Crippen molar-refractivity contribution in [3.05, 3.63) is 99.7 Å². The third-order valence-corrected chi connectivity index (χ3v) is 4.90. The van der Waals surface area contributed by atoms with Gasteiger partial charge in [0.2, 0.25) is 0 Å². The highest BCUT2D eigenvalue weighted by atomic mass is 35.5. The van der Waals surface area contributed by atoms with Crippen molar-refractivity contribution in [2.75, 3.05) is 4.90 Å². The highest BCUT2D eigenvalue weighted by Crippen LogP contribution is 2.35. The topological polar surface area (TPSA) is 24.8 Å². The quantitative estimate of drug-likeness (QED) is 0.647. The lowest BCUT2D eigenvalue weighted by Gasteiger charge is -2.35. The average Bonchev–Trinajstić information content (AvgIpc) is 2.88. The predicted molar refractivity (Wildman–Crippen MR) is 108 cm³/mol. The highest BCUT2D eigenvalue weighted by Gasteiger charge is 2.33. The van der Waals surface area contributed by atoms with Crippen molar-refractivity contribution >= 4 is 34.7 Å². The number of oxime groups is 1. The minimum atomic E-state index is -0.281. The molecule has 2 aromatic rings. The molecule has 2 aliphatic rings. The zero-order valence-corrected chi connectivity index (χ0v) is 15.6. The fraction of sp³-hybridized carbons (Fsp3) is 0.0952. The second-order valence-corrected chi connectivity index (χ2v) is 6.88. The van der Waals surface area contributed by atoms with Crippen LogP contribution >= 0.6 is 23.2 Å². The van der Waals surface area contributed by atoms with Gasteiger partial charge in [0.25, 0.3) is 0 Å². The van der Waals surface area contributed by atoms with Crippen LogP contribution in [0.15, 0.2) is 83.7 Å². The zero-order chi connectivity index (χ0) is 18.1. The molecule has 0 saturated carbocycles. The molecule has 2 aromatic carbocycles. The molecule has 0 saturated heterocycles. The van der Waals surface area contributed by atoms with E-state index in [0.29, 0.717) is 21.4 Å². The van der Waals surface area contributed by atoms with E-state index in [4.69, 9.17) is 28.0 Å². The van der Waals surface area contributed by atoms with E-state index in [2.05, 4.69) is 36.3 Å². The Bertz CT molecular complexity index is 938.